The molecule has 1 aliphatic heterocycles. The molecular formula is C20H24N4O+2. The van der Waals surface area contributed by atoms with Crippen molar-refractivity contribution in [2.45, 2.75) is 6.04 Å². The quantitative estimate of drug-likeness (QED) is 0.623. The van der Waals surface area contributed by atoms with Crippen molar-refractivity contribution in [3.8, 4) is 5.75 Å². The van der Waals surface area contributed by atoms with Gasteiger partial charge < -0.3 is 14.9 Å². The standard InChI is InChI=1S/C20H22N4O/c1-23-11-13-24(14-12-23)19(17-6-2-3-9-21-17)16-8-7-15-5-4-10-22-18(15)20(16)25/h2-10,19,25H,11-14H2,1H3/p+2/t19-/m1/s1. The zero-order valence-electron chi connectivity index (χ0n) is 14.4. The monoisotopic (exact) mass is 336 g/mol. The highest BCUT2D eigenvalue weighted by Gasteiger charge is 2.33. The number of pyridine rings is 2. The summed E-state index contributed by atoms with van der Waals surface area (Å²) in [7, 11) is 2.24. The topological polar surface area (TPSA) is 54.9 Å². The number of likely N-dealkylation sites (N-methyl/N-ethyl adjacent to an activating group) is 1. The van der Waals surface area contributed by atoms with Gasteiger partial charge in [-0.15, -0.1) is 0 Å². The van der Waals surface area contributed by atoms with Crippen LogP contribution in [0.15, 0.2) is 54.9 Å². The summed E-state index contributed by atoms with van der Waals surface area (Å²) in [4.78, 5) is 12.0. The lowest BCUT2D eigenvalue weighted by molar-refractivity contribution is -1.02. The molecule has 0 spiro atoms. The summed E-state index contributed by atoms with van der Waals surface area (Å²) in [5, 5.41) is 11.9. The molecule has 0 aliphatic carbocycles. The van der Waals surface area contributed by atoms with Crippen molar-refractivity contribution in [2.24, 2.45) is 0 Å². The van der Waals surface area contributed by atoms with Gasteiger partial charge in [-0.3, -0.25) is 9.97 Å². The molecule has 0 amide bonds. The zero-order valence-corrected chi connectivity index (χ0v) is 14.4. The minimum absolute atomic E-state index is 0.0284. The molecule has 1 atom stereocenters. The van der Waals surface area contributed by atoms with E-state index in [4.69, 9.17) is 0 Å². The van der Waals surface area contributed by atoms with Crippen molar-refractivity contribution < 1.29 is 14.9 Å². The van der Waals surface area contributed by atoms with Crippen molar-refractivity contribution >= 4 is 10.9 Å². The molecule has 1 fully saturated rings. The summed E-state index contributed by atoms with van der Waals surface area (Å²) < 4.78 is 0. The van der Waals surface area contributed by atoms with E-state index in [2.05, 4.69) is 23.1 Å². The molecule has 1 aliphatic rings. The van der Waals surface area contributed by atoms with Crippen molar-refractivity contribution in [1.82, 2.24) is 9.97 Å². The van der Waals surface area contributed by atoms with E-state index in [1.54, 1.807) is 11.1 Å². The molecule has 0 radical (unpaired) electrons. The molecule has 5 heteroatoms. The van der Waals surface area contributed by atoms with Crippen LogP contribution in [0.2, 0.25) is 0 Å². The second kappa shape index (κ2) is 6.78. The number of fused-ring (bicyclic) bond motifs is 1. The Morgan fingerprint density at radius 3 is 2.48 bits per heavy atom. The van der Waals surface area contributed by atoms with Crippen LogP contribution in [-0.4, -0.2) is 48.3 Å². The van der Waals surface area contributed by atoms with Crippen molar-refractivity contribution in [3.63, 3.8) is 0 Å². The molecule has 0 saturated carbocycles. The number of benzene rings is 1. The van der Waals surface area contributed by atoms with Gasteiger partial charge in [0.05, 0.1) is 12.6 Å². The molecule has 1 saturated heterocycles. The van der Waals surface area contributed by atoms with Crippen LogP contribution in [0.3, 0.4) is 0 Å². The third-order valence-corrected chi connectivity index (χ3v) is 5.23. The molecule has 3 N–H and O–H groups in total. The van der Waals surface area contributed by atoms with Crippen LogP contribution >= 0.6 is 0 Å². The molecule has 128 valence electrons. The number of hydrogen-bond acceptors (Lipinski definition) is 3. The smallest absolute Gasteiger partial charge is 0.160 e. The number of hydrogen-bond donors (Lipinski definition) is 3. The average Bonchev–Trinajstić information content (AvgIpc) is 2.66. The summed E-state index contributed by atoms with van der Waals surface area (Å²) in [5.74, 6) is 0.285. The summed E-state index contributed by atoms with van der Waals surface area (Å²) in [6.45, 7) is 4.38. The largest absolute Gasteiger partial charge is 0.505 e. The predicted molar refractivity (Wildman–Crippen MR) is 96.8 cm³/mol. The maximum atomic E-state index is 11.0. The summed E-state index contributed by atoms with van der Waals surface area (Å²) in [6.07, 6.45) is 3.56. The first-order valence-corrected chi connectivity index (χ1v) is 8.87. The van der Waals surface area contributed by atoms with E-state index in [-0.39, 0.29) is 11.8 Å². The number of nitrogens with zero attached hydrogens (tertiary/aromatic N) is 2. The summed E-state index contributed by atoms with van der Waals surface area (Å²) in [5.41, 5.74) is 2.59. The number of nitrogens with one attached hydrogen (secondary N) is 2. The highest BCUT2D eigenvalue weighted by Crippen LogP contribution is 2.32. The van der Waals surface area contributed by atoms with Crippen molar-refractivity contribution in [1.29, 1.82) is 0 Å². The average molecular weight is 336 g/mol. The molecule has 0 unspecified atom stereocenters. The van der Waals surface area contributed by atoms with Gasteiger partial charge in [-0.25, -0.2) is 0 Å². The minimum atomic E-state index is 0.0284. The van der Waals surface area contributed by atoms with Gasteiger partial charge in [0.1, 0.15) is 37.4 Å². The van der Waals surface area contributed by atoms with Gasteiger partial charge in [0.15, 0.2) is 11.8 Å². The maximum Gasteiger partial charge on any atom is 0.160 e. The van der Waals surface area contributed by atoms with E-state index in [1.165, 1.54) is 4.90 Å². The molecule has 2 aromatic heterocycles. The Bertz CT molecular complexity index is 860. The van der Waals surface area contributed by atoms with Gasteiger partial charge >= 0.3 is 0 Å². The Labute approximate surface area is 147 Å². The summed E-state index contributed by atoms with van der Waals surface area (Å²) in [6, 6.07) is 14.0. The zero-order chi connectivity index (χ0) is 17.2. The van der Waals surface area contributed by atoms with Gasteiger partial charge in [-0.05, 0) is 24.3 Å². The normalized spacial score (nSPS) is 22.0. The van der Waals surface area contributed by atoms with Crippen LogP contribution in [0, 0.1) is 0 Å². The van der Waals surface area contributed by atoms with E-state index in [1.807, 2.05) is 42.6 Å². The molecule has 1 aromatic carbocycles. The van der Waals surface area contributed by atoms with Crippen molar-refractivity contribution in [3.05, 3.63) is 66.1 Å². The van der Waals surface area contributed by atoms with Crippen LogP contribution < -0.4 is 9.80 Å². The Hall–Kier alpha value is -2.50. The van der Waals surface area contributed by atoms with Gasteiger partial charge in [0.25, 0.3) is 0 Å². The van der Waals surface area contributed by atoms with E-state index >= 15 is 0 Å². The summed E-state index contributed by atoms with van der Waals surface area (Å²) >= 11 is 0. The molecule has 25 heavy (non-hydrogen) atoms. The van der Waals surface area contributed by atoms with Crippen LogP contribution in [-0.2, 0) is 0 Å². The molecule has 5 nitrogen and oxygen atoms in total. The number of phenols is 1. The van der Waals surface area contributed by atoms with Crippen molar-refractivity contribution in [2.75, 3.05) is 33.2 Å². The van der Waals surface area contributed by atoms with Gasteiger partial charge in [-0.1, -0.05) is 18.2 Å². The van der Waals surface area contributed by atoms with Crippen LogP contribution in [0.5, 0.6) is 5.75 Å². The Morgan fingerprint density at radius 1 is 0.920 bits per heavy atom. The molecule has 3 heterocycles. The molecule has 3 aromatic rings. The van der Waals surface area contributed by atoms with Crippen LogP contribution in [0.1, 0.15) is 17.3 Å². The molecular weight excluding hydrogens is 312 g/mol. The Morgan fingerprint density at radius 2 is 1.72 bits per heavy atom. The highest BCUT2D eigenvalue weighted by molar-refractivity contribution is 5.85. The third kappa shape index (κ3) is 3.08. The Balaban J connectivity index is 1.82. The lowest BCUT2D eigenvalue weighted by Gasteiger charge is -2.33. The number of aromatic nitrogens is 2. The number of aromatic hydroxyl groups is 1. The fraction of sp³-hybridized carbons (Fsp3) is 0.300. The SMILES string of the molecule is C[NH+]1CC[NH+]([C@@H](c2ccccn2)c2ccc3cccnc3c2O)CC1. The lowest BCUT2D eigenvalue weighted by atomic mass is 9.97. The number of piperazine rings is 1. The number of rotatable bonds is 3. The third-order valence-electron chi connectivity index (χ3n) is 5.23. The molecule has 4 rings (SSSR count). The Kier molecular flexibility index (Phi) is 4.34. The lowest BCUT2D eigenvalue weighted by Crippen LogP contribution is -3.27. The second-order valence-electron chi connectivity index (χ2n) is 6.88. The van der Waals surface area contributed by atoms with E-state index in [0.29, 0.717) is 5.52 Å². The number of phenolic OH excluding ortho intramolecular Hbond substituents is 1. The highest BCUT2D eigenvalue weighted by atomic mass is 16.3. The number of quaternary nitrogens is 2. The first-order valence-electron chi connectivity index (χ1n) is 8.87. The minimum Gasteiger partial charge on any atom is -0.505 e. The fourth-order valence-corrected chi connectivity index (χ4v) is 3.80. The van der Waals surface area contributed by atoms with E-state index in [0.717, 1.165) is 42.8 Å². The first kappa shape index (κ1) is 16.0. The maximum absolute atomic E-state index is 11.0. The second-order valence-corrected chi connectivity index (χ2v) is 6.88. The van der Waals surface area contributed by atoms with E-state index in [9.17, 15) is 5.11 Å². The fourth-order valence-electron chi connectivity index (χ4n) is 3.80. The van der Waals surface area contributed by atoms with E-state index < -0.39 is 0 Å². The van der Waals surface area contributed by atoms with Crippen LogP contribution in [0.4, 0.5) is 0 Å². The predicted octanol–water partition coefficient (Wildman–Crippen LogP) is -0.162. The first-order chi connectivity index (χ1) is 12.2. The van der Waals surface area contributed by atoms with Gasteiger partial charge in [0, 0.05) is 17.8 Å². The van der Waals surface area contributed by atoms with Gasteiger partial charge in [0.2, 0.25) is 0 Å². The molecule has 0 bridgehead atoms. The van der Waals surface area contributed by atoms with Crippen LogP contribution in [0.25, 0.3) is 10.9 Å². The van der Waals surface area contributed by atoms with Gasteiger partial charge in [-0.2, -0.15) is 0 Å².